The number of benzene rings is 1. The van der Waals surface area contributed by atoms with E-state index < -0.39 is 0 Å². The lowest BCUT2D eigenvalue weighted by Crippen LogP contribution is -1.96. The normalized spacial score (nSPS) is 10.2. The fourth-order valence-corrected chi connectivity index (χ4v) is 2.30. The highest BCUT2D eigenvalue weighted by Gasteiger charge is 2.02. The lowest BCUT2D eigenvalue weighted by atomic mass is 10.2. The summed E-state index contributed by atoms with van der Waals surface area (Å²) in [4.78, 5) is 20.1. The molecule has 1 heterocycles. The molecule has 0 aliphatic heterocycles. The Morgan fingerprint density at radius 3 is 2.88 bits per heavy atom. The maximum atomic E-state index is 10.6. The van der Waals surface area contributed by atoms with Gasteiger partial charge in [-0.3, -0.25) is 4.79 Å². The maximum absolute atomic E-state index is 10.6. The molecule has 2 rings (SSSR count). The number of hydrogen-bond acceptors (Lipinski definition) is 4. The van der Waals surface area contributed by atoms with Gasteiger partial charge in [0.1, 0.15) is 11.5 Å². The Kier molecular flexibility index (Phi) is 3.88. The van der Waals surface area contributed by atoms with Crippen molar-refractivity contribution < 1.29 is 4.79 Å². The zero-order valence-electron chi connectivity index (χ0n) is 9.46. The Hall–Kier alpha value is -1.68. The van der Waals surface area contributed by atoms with E-state index in [1.54, 1.807) is 24.0 Å². The summed E-state index contributed by atoms with van der Waals surface area (Å²) < 4.78 is 0. The first-order valence-electron chi connectivity index (χ1n) is 5.25. The van der Waals surface area contributed by atoms with Crippen LogP contribution in [0.15, 0.2) is 41.4 Å². The number of carbonyl (C=O) groups is 1. The third-order valence-electron chi connectivity index (χ3n) is 2.30. The van der Waals surface area contributed by atoms with Crippen LogP contribution in [-0.4, -0.2) is 16.3 Å². The monoisotopic (exact) mass is 244 g/mol. The van der Waals surface area contributed by atoms with Gasteiger partial charge < -0.3 is 0 Å². The quantitative estimate of drug-likeness (QED) is 0.612. The van der Waals surface area contributed by atoms with Crippen molar-refractivity contribution in [1.29, 1.82) is 0 Å². The molecule has 0 saturated carbocycles. The predicted molar refractivity (Wildman–Crippen MR) is 68.2 cm³/mol. The highest BCUT2D eigenvalue weighted by Crippen LogP contribution is 2.24. The van der Waals surface area contributed by atoms with Crippen LogP contribution in [0.5, 0.6) is 0 Å². The van der Waals surface area contributed by atoms with Crippen LogP contribution < -0.4 is 0 Å². The molecule has 0 fully saturated rings. The van der Waals surface area contributed by atoms with E-state index in [4.69, 9.17) is 0 Å². The zero-order chi connectivity index (χ0) is 12.1. The molecule has 4 heteroatoms. The zero-order valence-corrected chi connectivity index (χ0v) is 10.3. The molecular weight excluding hydrogens is 232 g/mol. The third kappa shape index (κ3) is 3.14. The van der Waals surface area contributed by atoms with Gasteiger partial charge in [0, 0.05) is 11.1 Å². The summed E-state index contributed by atoms with van der Waals surface area (Å²) in [5.74, 6) is 1.36. The SMILES string of the molecule is Cc1ccccc1SCc1nccc(C=O)n1. The van der Waals surface area contributed by atoms with Gasteiger partial charge in [-0.05, 0) is 24.6 Å². The molecule has 0 spiro atoms. The fraction of sp³-hybridized carbons (Fsp3) is 0.154. The molecule has 0 atom stereocenters. The lowest BCUT2D eigenvalue weighted by Gasteiger charge is -2.04. The molecule has 0 unspecified atom stereocenters. The van der Waals surface area contributed by atoms with Gasteiger partial charge in [0.15, 0.2) is 6.29 Å². The smallest absolute Gasteiger partial charge is 0.168 e. The Balaban J connectivity index is 2.07. The van der Waals surface area contributed by atoms with Crippen molar-refractivity contribution in [3.63, 3.8) is 0 Å². The Morgan fingerprint density at radius 2 is 2.12 bits per heavy atom. The summed E-state index contributed by atoms with van der Waals surface area (Å²) in [6, 6.07) is 9.78. The fourth-order valence-electron chi connectivity index (χ4n) is 1.41. The molecule has 86 valence electrons. The van der Waals surface area contributed by atoms with Crippen LogP contribution in [0.2, 0.25) is 0 Å². The molecule has 0 amide bonds. The average molecular weight is 244 g/mol. The average Bonchev–Trinajstić information content (AvgIpc) is 2.38. The number of nitrogens with zero attached hydrogens (tertiary/aromatic N) is 2. The minimum absolute atomic E-state index is 0.431. The highest BCUT2D eigenvalue weighted by atomic mass is 32.2. The molecule has 17 heavy (non-hydrogen) atoms. The number of aromatic nitrogens is 2. The first-order chi connectivity index (χ1) is 8.29. The van der Waals surface area contributed by atoms with Crippen molar-refractivity contribution in [3.05, 3.63) is 53.6 Å². The van der Waals surface area contributed by atoms with Crippen molar-refractivity contribution >= 4 is 18.0 Å². The molecule has 0 radical (unpaired) electrons. The van der Waals surface area contributed by atoms with Gasteiger partial charge in [-0.1, -0.05) is 18.2 Å². The molecule has 2 aromatic rings. The van der Waals surface area contributed by atoms with E-state index in [1.165, 1.54) is 10.5 Å². The van der Waals surface area contributed by atoms with E-state index in [2.05, 4.69) is 29.0 Å². The van der Waals surface area contributed by atoms with E-state index in [9.17, 15) is 4.79 Å². The molecule has 0 aliphatic carbocycles. The second-order valence-corrected chi connectivity index (χ2v) is 4.59. The van der Waals surface area contributed by atoms with Crippen LogP contribution in [0.4, 0.5) is 0 Å². The van der Waals surface area contributed by atoms with E-state index in [-0.39, 0.29) is 0 Å². The van der Waals surface area contributed by atoms with Crippen molar-refractivity contribution in [2.45, 2.75) is 17.6 Å². The number of carbonyl (C=O) groups excluding carboxylic acids is 1. The van der Waals surface area contributed by atoms with Gasteiger partial charge in [-0.15, -0.1) is 11.8 Å². The minimum Gasteiger partial charge on any atom is -0.296 e. The number of thioether (sulfide) groups is 1. The van der Waals surface area contributed by atoms with Gasteiger partial charge in [0.25, 0.3) is 0 Å². The first kappa shape index (κ1) is 11.8. The highest BCUT2D eigenvalue weighted by molar-refractivity contribution is 7.98. The summed E-state index contributed by atoms with van der Waals surface area (Å²) >= 11 is 1.68. The standard InChI is InChI=1S/C13H12N2OS/c1-10-4-2-3-5-12(10)17-9-13-14-7-6-11(8-16)15-13/h2-8H,9H2,1H3. The van der Waals surface area contributed by atoms with Crippen LogP contribution in [0.25, 0.3) is 0 Å². The molecular formula is C13H12N2OS. The molecule has 1 aromatic heterocycles. The number of aldehydes is 1. The summed E-state index contributed by atoms with van der Waals surface area (Å²) in [7, 11) is 0. The third-order valence-corrected chi connectivity index (χ3v) is 3.47. The Bertz CT molecular complexity index is 528. The summed E-state index contributed by atoms with van der Waals surface area (Å²) in [6.45, 7) is 2.07. The molecule has 0 N–H and O–H groups in total. The maximum Gasteiger partial charge on any atom is 0.168 e. The second-order valence-electron chi connectivity index (χ2n) is 3.57. The van der Waals surface area contributed by atoms with Crippen LogP contribution in [0.1, 0.15) is 21.9 Å². The van der Waals surface area contributed by atoms with E-state index in [0.29, 0.717) is 17.3 Å². The van der Waals surface area contributed by atoms with Crippen LogP contribution in [0, 0.1) is 6.92 Å². The summed E-state index contributed by atoms with van der Waals surface area (Å²) in [6.07, 6.45) is 2.36. The molecule has 0 aliphatic rings. The van der Waals surface area contributed by atoms with Crippen molar-refractivity contribution in [1.82, 2.24) is 9.97 Å². The van der Waals surface area contributed by atoms with Crippen LogP contribution in [0.3, 0.4) is 0 Å². The Labute approximate surface area is 104 Å². The largest absolute Gasteiger partial charge is 0.296 e. The van der Waals surface area contributed by atoms with Gasteiger partial charge >= 0.3 is 0 Å². The molecule has 0 bridgehead atoms. The molecule has 0 saturated heterocycles. The lowest BCUT2D eigenvalue weighted by molar-refractivity contribution is 0.111. The van der Waals surface area contributed by atoms with E-state index >= 15 is 0 Å². The van der Waals surface area contributed by atoms with Gasteiger partial charge in [-0.2, -0.15) is 0 Å². The molecule has 1 aromatic carbocycles. The molecule has 3 nitrogen and oxygen atoms in total. The van der Waals surface area contributed by atoms with Crippen molar-refractivity contribution in [2.24, 2.45) is 0 Å². The number of rotatable bonds is 4. The van der Waals surface area contributed by atoms with E-state index in [1.807, 2.05) is 12.1 Å². The van der Waals surface area contributed by atoms with Gasteiger partial charge in [0.05, 0.1) is 5.75 Å². The topological polar surface area (TPSA) is 42.9 Å². The van der Waals surface area contributed by atoms with Crippen molar-refractivity contribution in [2.75, 3.05) is 0 Å². The second kappa shape index (κ2) is 5.59. The summed E-state index contributed by atoms with van der Waals surface area (Å²) in [5, 5.41) is 0. The van der Waals surface area contributed by atoms with Crippen LogP contribution in [-0.2, 0) is 5.75 Å². The predicted octanol–water partition coefficient (Wildman–Crippen LogP) is 2.89. The number of hydrogen-bond donors (Lipinski definition) is 0. The Morgan fingerprint density at radius 1 is 1.29 bits per heavy atom. The first-order valence-corrected chi connectivity index (χ1v) is 6.23. The minimum atomic E-state index is 0.431. The van der Waals surface area contributed by atoms with Gasteiger partial charge in [-0.25, -0.2) is 9.97 Å². The summed E-state index contributed by atoms with van der Waals surface area (Å²) in [5.41, 5.74) is 1.67. The number of aryl methyl sites for hydroxylation is 1. The van der Waals surface area contributed by atoms with Crippen LogP contribution >= 0.6 is 11.8 Å². The van der Waals surface area contributed by atoms with Crippen molar-refractivity contribution in [3.8, 4) is 0 Å². The van der Waals surface area contributed by atoms with Gasteiger partial charge in [0.2, 0.25) is 0 Å². The van der Waals surface area contributed by atoms with E-state index in [0.717, 1.165) is 6.29 Å².